The van der Waals surface area contributed by atoms with Crippen molar-refractivity contribution in [3.63, 3.8) is 0 Å². The molecule has 0 fully saturated rings. The summed E-state index contributed by atoms with van der Waals surface area (Å²) in [5.74, 6) is -15.1. The lowest BCUT2D eigenvalue weighted by Gasteiger charge is -2.39. The zero-order valence-corrected chi connectivity index (χ0v) is 26.9. The van der Waals surface area contributed by atoms with Crippen LogP contribution in [0.1, 0.15) is 55.4 Å². The first kappa shape index (κ1) is 40.3. The minimum atomic E-state index is -5.78. The fraction of sp³-hybridized carbons (Fsp3) is 1.00. The molecule has 0 radical (unpaired) electrons. The smallest absolute Gasteiger partial charge is 0.376 e. The molecule has 2 N–H and O–H groups in total. The summed E-state index contributed by atoms with van der Waals surface area (Å²) in [6, 6.07) is 0. The van der Waals surface area contributed by atoms with Crippen molar-refractivity contribution in [1.29, 1.82) is 0 Å². The first-order chi connectivity index (χ1) is 18.4. The molecular formula is C29H58F6N2O4+2. The number of alkyl halides is 6. The number of nitrogens with zero attached hydrogens (tertiary/aromatic N) is 2. The SMILES string of the molecule is CC(C)C[N+](C)(CC(C)C)CC(O)COCC(F)(F)C(F)(F)C(F)(F)COCC(O)C[N+](C)(CC(C)C)CC(C)C. The van der Waals surface area contributed by atoms with Gasteiger partial charge in [0.25, 0.3) is 0 Å². The van der Waals surface area contributed by atoms with Crippen LogP contribution in [0, 0.1) is 23.7 Å². The second kappa shape index (κ2) is 16.4. The predicted octanol–water partition coefficient (Wildman–Crippen LogP) is 5.16. The van der Waals surface area contributed by atoms with E-state index in [1.807, 2.05) is 69.5 Å². The number of aliphatic hydroxyl groups is 2. The van der Waals surface area contributed by atoms with Crippen LogP contribution in [0.5, 0.6) is 0 Å². The molecule has 2 atom stereocenters. The lowest BCUT2D eigenvalue weighted by Crippen LogP contribution is -2.58. The molecule has 0 spiro atoms. The first-order valence-electron chi connectivity index (χ1n) is 14.7. The monoisotopic (exact) mass is 612 g/mol. The van der Waals surface area contributed by atoms with Crippen molar-refractivity contribution in [2.45, 2.75) is 85.4 Å². The highest BCUT2D eigenvalue weighted by atomic mass is 19.3. The fourth-order valence-electron chi connectivity index (χ4n) is 6.19. The third-order valence-electron chi connectivity index (χ3n) is 6.63. The lowest BCUT2D eigenvalue weighted by atomic mass is 10.1. The van der Waals surface area contributed by atoms with Crippen molar-refractivity contribution in [3.05, 3.63) is 0 Å². The van der Waals surface area contributed by atoms with E-state index in [1.54, 1.807) is 0 Å². The second-order valence-corrected chi connectivity index (χ2v) is 14.2. The summed E-state index contributed by atoms with van der Waals surface area (Å²) in [4.78, 5) is 0. The van der Waals surface area contributed by atoms with Gasteiger partial charge < -0.3 is 28.7 Å². The van der Waals surface area contributed by atoms with Gasteiger partial charge in [0.15, 0.2) is 0 Å². The highest BCUT2D eigenvalue weighted by Gasteiger charge is 2.71. The molecule has 0 aromatic rings. The summed E-state index contributed by atoms with van der Waals surface area (Å²) >= 11 is 0. The van der Waals surface area contributed by atoms with E-state index < -0.39 is 56.4 Å². The average molecular weight is 613 g/mol. The Morgan fingerprint density at radius 1 is 0.512 bits per heavy atom. The van der Waals surface area contributed by atoms with E-state index in [2.05, 4.69) is 9.47 Å². The Bertz CT molecular complexity index is 660. The van der Waals surface area contributed by atoms with Crippen molar-refractivity contribution >= 4 is 0 Å². The maximum Gasteiger partial charge on any atom is 0.376 e. The molecule has 0 aromatic heterocycles. The standard InChI is InChI=1S/C29H58F6N2O4/c1-21(2)11-36(9,12-22(3)4)15-25(38)17-40-19-27(30,31)29(34,35)28(32,33)20-41-18-26(39)16-37(10,13-23(5)6)14-24(7)8/h21-26,38-39H,11-20H2,1-10H3/q+2. The van der Waals surface area contributed by atoms with Gasteiger partial charge in [0, 0.05) is 23.7 Å². The normalized spacial score (nSPS) is 16.0. The van der Waals surface area contributed by atoms with Gasteiger partial charge in [-0.25, -0.2) is 0 Å². The molecule has 0 aliphatic carbocycles. The molecule has 6 nitrogen and oxygen atoms in total. The van der Waals surface area contributed by atoms with E-state index in [4.69, 9.17) is 0 Å². The molecule has 0 bridgehead atoms. The quantitative estimate of drug-likeness (QED) is 0.131. The van der Waals surface area contributed by atoms with Crippen molar-refractivity contribution in [2.24, 2.45) is 23.7 Å². The summed E-state index contributed by atoms with van der Waals surface area (Å²) in [7, 11) is 3.80. The van der Waals surface area contributed by atoms with Gasteiger partial charge in [-0.1, -0.05) is 55.4 Å². The van der Waals surface area contributed by atoms with E-state index in [0.717, 1.165) is 0 Å². The van der Waals surface area contributed by atoms with E-state index in [9.17, 15) is 36.6 Å². The predicted molar refractivity (Wildman–Crippen MR) is 149 cm³/mol. The number of hydrogen-bond acceptors (Lipinski definition) is 4. The maximum atomic E-state index is 14.4. The highest BCUT2D eigenvalue weighted by molar-refractivity contribution is 4.96. The van der Waals surface area contributed by atoms with Gasteiger partial charge >= 0.3 is 17.8 Å². The molecule has 0 rings (SSSR count). The largest absolute Gasteiger partial charge is 0.385 e. The van der Waals surface area contributed by atoms with Gasteiger partial charge in [-0.3, -0.25) is 0 Å². The van der Waals surface area contributed by atoms with Crippen LogP contribution in [0.15, 0.2) is 0 Å². The minimum Gasteiger partial charge on any atom is -0.385 e. The van der Waals surface area contributed by atoms with E-state index >= 15 is 0 Å². The summed E-state index contributed by atoms with van der Waals surface area (Å²) < 4.78 is 96.2. The Balaban J connectivity index is 5.08. The van der Waals surface area contributed by atoms with Crippen molar-refractivity contribution in [2.75, 3.05) is 79.8 Å². The number of likely N-dealkylation sites (N-methyl/N-ethyl adjacent to an activating group) is 2. The lowest BCUT2D eigenvalue weighted by molar-refractivity contribution is -0.918. The number of aliphatic hydroxyl groups excluding tert-OH is 2. The van der Waals surface area contributed by atoms with Crippen LogP contribution in [0.4, 0.5) is 26.3 Å². The molecule has 0 saturated heterocycles. The molecule has 0 amide bonds. The first-order valence-corrected chi connectivity index (χ1v) is 14.7. The minimum absolute atomic E-state index is 0.136. The van der Waals surface area contributed by atoms with Gasteiger partial charge in [-0.15, -0.1) is 0 Å². The summed E-state index contributed by atoms with van der Waals surface area (Å²) in [5, 5.41) is 20.7. The van der Waals surface area contributed by atoms with Gasteiger partial charge in [0.1, 0.15) is 38.5 Å². The van der Waals surface area contributed by atoms with Gasteiger partial charge in [0.05, 0.1) is 53.5 Å². The molecule has 0 saturated carbocycles. The summed E-state index contributed by atoms with van der Waals surface area (Å²) in [6.45, 7) is 13.7. The van der Waals surface area contributed by atoms with Gasteiger partial charge in [-0.05, 0) is 0 Å². The Morgan fingerprint density at radius 2 is 0.756 bits per heavy atom. The number of halogens is 6. The van der Waals surface area contributed by atoms with Gasteiger partial charge in [0.2, 0.25) is 0 Å². The highest BCUT2D eigenvalue weighted by Crippen LogP contribution is 2.46. The Hall–Kier alpha value is -0.660. The number of hydrogen-bond donors (Lipinski definition) is 2. The molecular weight excluding hydrogens is 554 g/mol. The van der Waals surface area contributed by atoms with Crippen LogP contribution in [0.3, 0.4) is 0 Å². The molecule has 0 aromatic carbocycles. The molecule has 248 valence electrons. The second-order valence-electron chi connectivity index (χ2n) is 14.2. The third kappa shape index (κ3) is 14.6. The van der Waals surface area contributed by atoms with Crippen LogP contribution in [0.25, 0.3) is 0 Å². The Morgan fingerprint density at radius 3 is 0.976 bits per heavy atom. The van der Waals surface area contributed by atoms with Crippen LogP contribution >= 0.6 is 0 Å². The zero-order chi connectivity index (χ0) is 32.4. The number of rotatable bonds is 22. The third-order valence-corrected chi connectivity index (χ3v) is 6.63. The number of ether oxygens (including phenoxy) is 2. The summed E-state index contributed by atoms with van der Waals surface area (Å²) in [5.41, 5.74) is 0. The maximum absolute atomic E-state index is 14.4. The Kier molecular flexibility index (Phi) is 16.2. The summed E-state index contributed by atoms with van der Waals surface area (Å²) in [6.07, 6.45) is -2.49. The van der Waals surface area contributed by atoms with E-state index in [1.165, 1.54) is 0 Å². The van der Waals surface area contributed by atoms with Crippen LogP contribution in [-0.4, -0.2) is 129 Å². The molecule has 41 heavy (non-hydrogen) atoms. The molecule has 2 unspecified atom stereocenters. The fourth-order valence-corrected chi connectivity index (χ4v) is 6.19. The van der Waals surface area contributed by atoms with Crippen LogP contribution in [-0.2, 0) is 9.47 Å². The van der Waals surface area contributed by atoms with Crippen molar-refractivity contribution in [3.8, 4) is 0 Å². The van der Waals surface area contributed by atoms with Crippen LogP contribution in [0.2, 0.25) is 0 Å². The van der Waals surface area contributed by atoms with Crippen molar-refractivity contribution < 1.29 is 55.0 Å². The topological polar surface area (TPSA) is 58.9 Å². The van der Waals surface area contributed by atoms with Crippen LogP contribution < -0.4 is 0 Å². The van der Waals surface area contributed by atoms with Gasteiger partial charge in [-0.2, -0.15) is 26.3 Å². The molecule has 0 aliphatic rings. The average Bonchev–Trinajstić information content (AvgIpc) is 2.69. The zero-order valence-electron chi connectivity index (χ0n) is 26.9. The Labute approximate surface area is 244 Å². The molecule has 0 aliphatic heterocycles. The van der Waals surface area contributed by atoms with E-state index in [-0.39, 0.29) is 36.8 Å². The van der Waals surface area contributed by atoms with Crippen molar-refractivity contribution in [1.82, 2.24) is 0 Å². The molecule has 12 heteroatoms. The molecule has 0 heterocycles. The van der Waals surface area contributed by atoms with E-state index in [0.29, 0.717) is 35.1 Å². The number of quaternary nitrogens is 2.